The molecule has 0 spiro atoms. The maximum Gasteiger partial charge on any atom is 0.384 e. The van der Waals surface area contributed by atoms with E-state index in [-0.39, 0.29) is 29.8 Å². The van der Waals surface area contributed by atoms with E-state index in [4.69, 9.17) is 9.47 Å². The molecule has 1 N–H and O–H groups in total. The zero-order valence-corrected chi connectivity index (χ0v) is 20.8. The molecule has 1 aliphatic rings. The normalized spacial score (nSPS) is 16.9. The molecule has 2 aromatic rings. The number of benzene rings is 2. The summed E-state index contributed by atoms with van der Waals surface area (Å²) >= 11 is 0. The van der Waals surface area contributed by atoms with Crippen molar-refractivity contribution in [2.45, 2.75) is 45.6 Å². The van der Waals surface area contributed by atoms with E-state index in [0.717, 1.165) is 31.2 Å². The third kappa shape index (κ3) is 6.97. The number of amides is 1. The monoisotopic (exact) mass is 499 g/mol. The van der Waals surface area contributed by atoms with Gasteiger partial charge >= 0.3 is 5.97 Å². The van der Waals surface area contributed by atoms with Gasteiger partial charge in [0.15, 0.2) is 11.6 Å². The summed E-state index contributed by atoms with van der Waals surface area (Å²) in [7, 11) is 2.85. The third-order valence-electron chi connectivity index (χ3n) is 6.37. The highest BCUT2D eigenvalue weighted by Crippen LogP contribution is 2.31. The molecule has 8 heteroatoms. The average molecular weight is 500 g/mol. The molecule has 0 bridgehead atoms. The Hall–Kier alpha value is -3.60. The second-order valence-electron chi connectivity index (χ2n) is 8.72. The van der Waals surface area contributed by atoms with Crippen molar-refractivity contribution in [1.29, 1.82) is 0 Å². The molecule has 3 rings (SSSR count). The van der Waals surface area contributed by atoms with Crippen LogP contribution in [0.4, 0.5) is 8.78 Å². The Morgan fingerprint density at radius 3 is 2.36 bits per heavy atom. The summed E-state index contributed by atoms with van der Waals surface area (Å²) in [5.41, 5.74) is 0.849. The van der Waals surface area contributed by atoms with Gasteiger partial charge in [-0.15, -0.1) is 0 Å². The van der Waals surface area contributed by atoms with Crippen LogP contribution < -0.4 is 14.8 Å². The van der Waals surface area contributed by atoms with Crippen molar-refractivity contribution in [2.24, 2.45) is 11.8 Å². The highest BCUT2D eigenvalue weighted by molar-refractivity contribution is 5.95. The number of carbonyl (C=O) groups excluding carboxylic acids is 2. The second kappa shape index (κ2) is 12.9. The van der Waals surface area contributed by atoms with Gasteiger partial charge in [0.2, 0.25) is 5.82 Å². The highest BCUT2D eigenvalue weighted by atomic mass is 19.2. The fourth-order valence-corrected chi connectivity index (χ4v) is 4.18. The van der Waals surface area contributed by atoms with Gasteiger partial charge in [0.05, 0.1) is 19.8 Å². The molecule has 0 radical (unpaired) electrons. The number of methoxy groups -OCH3 is 2. The number of nitrogens with one attached hydrogen (secondary N) is 1. The van der Waals surface area contributed by atoms with Crippen molar-refractivity contribution in [2.75, 3.05) is 20.8 Å². The smallest absolute Gasteiger partial charge is 0.384 e. The molecule has 0 aromatic heterocycles. The quantitative estimate of drug-likeness (QED) is 0.320. The summed E-state index contributed by atoms with van der Waals surface area (Å²) in [5, 5.41) is 2.74. The van der Waals surface area contributed by atoms with E-state index in [0.29, 0.717) is 24.3 Å². The molecule has 1 saturated carbocycles. The largest absolute Gasteiger partial charge is 0.497 e. The van der Waals surface area contributed by atoms with Crippen LogP contribution in [0.15, 0.2) is 30.3 Å². The number of halogens is 2. The minimum atomic E-state index is -1.23. The molecular weight excluding hydrogens is 468 g/mol. The number of carbonyl (C=O) groups is 2. The summed E-state index contributed by atoms with van der Waals surface area (Å²) in [4.78, 5) is 23.9. The van der Waals surface area contributed by atoms with E-state index in [9.17, 15) is 18.4 Å². The van der Waals surface area contributed by atoms with Gasteiger partial charge in [-0.25, -0.2) is 9.18 Å². The molecule has 2 aromatic carbocycles. The van der Waals surface area contributed by atoms with Crippen molar-refractivity contribution < 1.29 is 32.6 Å². The van der Waals surface area contributed by atoms with Crippen LogP contribution in [0, 0.1) is 35.3 Å². The van der Waals surface area contributed by atoms with Gasteiger partial charge in [0.1, 0.15) is 12.4 Å². The van der Waals surface area contributed by atoms with Crippen LogP contribution in [-0.2, 0) is 22.6 Å². The Balaban J connectivity index is 1.60. The van der Waals surface area contributed by atoms with Crippen LogP contribution in [-0.4, -0.2) is 32.6 Å². The van der Waals surface area contributed by atoms with E-state index in [1.807, 2.05) is 0 Å². The molecule has 0 aliphatic heterocycles. The summed E-state index contributed by atoms with van der Waals surface area (Å²) in [5.74, 6) is 2.59. The lowest BCUT2D eigenvalue weighted by Crippen LogP contribution is -2.32. The molecule has 1 amide bonds. The zero-order valence-electron chi connectivity index (χ0n) is 20.8. The van der Waals surface area contributed by atoms with E-state index in [1.165, 1.54) is 13.2 Å². The Morgan fingerprint density at radius 1 is 1.06 bits per heavy atom. The first kappa shape index (κ1) is 27.0. The maximum atomic E-state index is 14.9. The zero-order chi connectivity index (χ0) is 26.1. The average Bonchev–Trinajstić information content (AvgIpc) is 2.91. The number of rotatable bonds is 8. The number of hydrogen-bond donors (Lipinski definition) is 1. The predicted octanol–water partition coefficient (Wildman–Crippen LogP) is 4.83. The molecule has 0 saturated heterocycles. The Kier molecular flexibility index (Phi) is 9.69. The van der Waals surface area contributed by atoms with Gasteiger partial charge < -0.3 is 19.5 Å². The Bertz CT molecular complexity index is 1130. The standard InChI is InChI=1S/C28H31F2NO5/c1-4-21-15-23(25(29)26(30)27(21)36-17-20-9-12-22(34-2)13-10-20)28(33)31-16-19-7-5-18(6-8-19)11-14-24(32)35-3/h9-10,12-13,15,18-19H,4-8,16-17H2,1-3H3,(H,31,33). The summed E-state index contributed by atoms with van der Waals surface area (Å²) < 4.78 is 45.1. The van der Waals surface area contributed by atoms with Crippen LogP contribution in [0.3, 0.4) is 0 Å². The molecule has 1 fully saturated rings. The van der Waals surface area contributed by atoms with Gasteiger partial charge in [0.25, 0.3) is 5.91 Å². The lowest BCUT2D eigenvalue weighted by molar-refractivity contribution is -0.133. The number of aryl methyl sites for hydroxylation is 1. The summed E-state index contributed by atoms with van der Waals surface area (Å²) in [6, 6.07) is 8.42. The lowest BCUT2D eigenvalue weighted by atomic mass is 9.82. The molecule has 1 aliphatic carbocycles. The second-order valence-corrected chi connectivity index (χ2v) is 8.72. The lowest BCUT2D eigenvalue weighted by Gasteiger charge is -2.25. The van der Waals surface area contributed by atoms with E-state index in [2.05, 4.69) is 21.9 Å². The fourth-order valence-electron chi connectivity index (χ4n) is 4.18. The van der Waals surface area contributed by atoms with Gasteiger partial charge in [-0.05, 0) is 67.3 Å². The fraction of sp³-hybridized carbons (Fsp3) is 0.429. The van der Waals surface area contributed by atoms with E-state index >= 15 is 0 Å². The number of ether oxygens (including phenoxy) is 3. The molecular formula is C28H31F2NO5. The first-order chi connectivity index (χ1) is 17.4. The minimum absolute atomic E-state index is 0.0472. The number of hydrogen-bond acceptors (Lipinski definition) is 5. The Morgan fingerprint density at radius 2 is 1.75 bits per heavy atom. The van der Waals surface area contributed by atoms with Gasteiger partial charge in [0, 0.05) is 18.4 Å². The number of esters is 1. The van der Waals surface area contributed by atoms with Crippen molar-refractivity contribution >= 4 is 11.9 Å². The van der Waals surface area contributed by atoms with Crippen LogP contribution in [0.25, 0.3) is 0 Å². The van der Waals surface area contributed by atoms with E-state index < -0.39 is 23.5 Å². The third-order valence-corrected chi connectivity index (χ3v) is 6.37. The van der Waals surface area contributed by atoms with Gasteiger partial charge in [-0.2, -0.15) is 4.39 Å². The topological polar surface area (TPSA) is 73.9 Å². The highest BCUT2D eigenvalue weighted by Gasteiger charge is 2.25. The van der Waals surface area contributed by atoms with Crippen molar-refractivity contribution in [3.8, 4) is 23.3 Å². The SMILES string of the molecule is CCc1cc(C(=O)NCC2CCC(C#CC(=O)OC)CC2)c(F)c(F)c1OCc1ccc(OC)cc1. The predicted molar refractivity (Wildman–Crippen MR) is 131 cm³/mol. The molecule has 192 valence electrons. The van der Waals surface area contributed by atoms with Gasteiger partial charge in [-0.1, -0.05) is 25.0 Å². The van der Waals surface area contributed by atoms with Crippen molar-refractivity contribution in [3.63, 3.8) is 0 Å². The molecule has 0 unspecified atom stereocenters. The van der Waals surface area contributed by atoms with E-state index in [1.54, 1.807) is 38.3 Å². The molecule has 36 heavy (non-hydrogen) atoms. The molecule has 0 atom stereocenters. The summed E-state index contributed by atoms with van der Waals surface area (Å²) in [6.07, 6.45) is 3.60. The Labute approximate surface area is 210 Å². The van der Waals surface area contributed by atoms with Crippen LogP contribution in [0.5, 0.6) is 11.5 Å². The first-order valence-electron chi connectivity index (χ1n) is 12.0. The maximum absolute atomic E-state index is 14.9. The molecule has 6 nitrogen and oxygen atoms in total. The van der Waals surface area contributed by atoms with Crippen LogP contribution in [0.2, 0.25) is 0 Å². The first-order valence-corrected chi connectivity index (χ1v) is 12.0. The van der Waals surface area contributed by atoms with Crippen molar-refractivity contribution in [1.82, 2.24) is 5.32 Å². The minimum Gasteiger partial charge on any atom is -0.497 e. The van der Waals surface area contributed by atoms with Crippen LogP contribution >= 0.6 is 0 Å². The summed E-state index contributed by atoms with van der Waals surface area (Å²) in [6.45, 7) is 2.19. The molecule has 0 heterocycles. The van der Waals surface area contributed by atoms with Crippen molar-refractivity contribution in [3.05, 3.63) is 58.7 Å². The van der Waals surface area contributed by atoms with Crippen LogP contribution in [0.1, 0.15) is 54.1 Å². The van der Waals surface area contributed by atoms with Gasteiger partial charge in [-0.3, -0.25) is 4.79 Å².